The predicted molar refractivity (Wildman–Crippen MR) is 107 cm³/mol. The van der Waals surface area contributed by atoms with Crippen LogP contribution in [0, 0.1) is 11.7 Å². The Kier molecular flexibility index (Phi) is 5.92. The molecule has 144 valence electrons. The molecule has 0 fully saturated rings. The lowest BCUT2D eigenvalue weighted by atomic mass is 9.91. The molecule has 2 aromatic rings. The van der Waals surface area contributed by atoms with Crippen LogP contribution in [0.4, 0.5) is 15.8 Å². The number of nitrogens with two attached hydrogens (primary N) is 2. The number of imide groups is 1. The Bertz CT molecular complexity index is 901. The van der Waals surface area contributed by atoms with E-state index in [9.17, 15) is 14.0 Å². The number of anilines is 2. The zero-order valence-corrected chi connectivity index (χ0v) is 16.2. The fraction of sp³-hybridized carbons (Fsp3) is 0.300. The molecular weight excluding hydrogens is 369 g/mol. The van der Waals surface area contributed by atoms with Crippen molar-refractivity contribution in [2.75, 3.05) is 10.6 Å². The highest BCUT2D eigenvalue weighted by Crippen LogP contribution is 2.44. The highest BCUT2D eigenvalue weighted by atomic mass is 35.5. The van der Waals surface area contributed by atoms with Crippen LogP contribution in [0.5, 0.6) is 0 Å². The van der Waals surface area contributed by atoms with E-state index in [1.807, 2.05) is 13.8 Å². The summed E-state index contributed by atoms with van der Waals surface area (Å²) in [6.07, 6.45) is 0. The van der Waals surface area contributed by atoms with Gasteiger partial charge in [-0.3, -0.25) is 9.59 Å². The summed E-state index contributed by atoms with van der Waals surface area (Å²) in [5.74, 6) is -2.10. The number of carbonyl (C=O) groups excluding carboxylic acids is 2. The number of fused-ring (bicyclic) bond motifs is 3. The molecule has 1 aliphatic heterocycles. The van der Waals surface area contributed by atoms with E-state index in [1.54, 1.807) is 31.2 Å². The van der Waals surface area contributed by atoms with Crippen molar-refractivity contribution in [3.05, 3.63) is 47.8 Å². The molecule has 0 saturated carbocycles. The van der Waals surface area contributed by atoms with Crippen molar-refractivity contribution < 1.29 is 14.0 Å². The smallest absolute Gasteiger partial charge is 0.250 e. The van der Waals surface area contributed by atoms with Gasteiger partial charge >= 0.3 is 0 Å². The fourth-order valence-electron chi connectivity index (χ4n) is 3.27. The number of carbonyl (C=O) groups is 2. The number of hydrogen-bond acceptors (Lipinski definition) is 4. The van der Waals surface area contributed by atoms with Crippen molar-refractivity contribution in [1.29, 1.82) is 0 Å². The molecule has 27 heavy (non-hydrogen) atoms. The van der Waals surface area contributed by atoms with Crippen LogP contribution in [0.2, 0.25) is 0 Å². The van der Waals surface area contributed by atoms with Crippen molar-refractivity contribution >= 4 is 35.6 Å². The monoisotopic (exact) mass is 391 g/mol. The van der Waals surface area contributed by atoms with Gasteiger partial charge in [-0.05, 0) is 48.2 Å². The molecule has 5 nitrogen and oxygen atoms in total. The van der Waals surface area contributed by atoms with E-state index in [1.165, 1.54) is 12.1 Å². The van der Waals surface area contributed by atoms with E-state index in [0.717, 1.165) is 4.90 Å². The first-order chi connectivity index (χ1) is 12.2. The van der Waals surface area contributed by atoms with Crippen molar-refractivity contribution in [2.45, 2.75) is 32.7 Å². The summed E-state index contributed by atoms with van der Waals surface area (Å²) in [7, 11) is 0. The van der Waals surface area contributed by atoms with Crippen LogP contribution in [0.1, 0.15) is 32.3 Å². The highest BCUT2D eigenvalue weighted by molar-refractivity contribution is 6.22. The van der Waals surface area contributed by atoms with Crippen LogP contribution in [0.25, 0.3) is 11.1 Å². The quantitative estimate of drug-likeness (QED) is 0.767. The average molecular weight is 392 g/mol. The van der Waals surface area contributed by atoms with E-state index in [2.05, 4.69) is 0 Å². The molecule has 0 radical (unpaired) electrons. The Morgan fingerprint density at radius 2 is 1.89 bits per heavy atom. The zero-order valence-electron chi connectivity index (χ0n) is 15.4. The van der Waals surface area contributed by atoms with E-state index in [0.29, 0.717) is 28.1 Å². The number of halogens is 2. The Morgan fingerprint density at radius 3 is 2.52 bits per heavy atom. The third kappa shape index (κ3) is 3.42. The second kappa shape index (κ2) is 7.66. The predicted octanol–water partition coefficient (Wildman–Crippen LogP) is 3.46. The topological polar surface area (TPSA) is 89.4 Å². The number of nitrogens with zero attached hydrogens (tertiary/aromatic N) is 1. The van der Waals surface area contributed by atoms with Gasteiger partial charge in [0.25, 0.3) is 5.91 Å². The van der Waals surface area contributed by atoms with Crippen LogP contribution in [0.15, 0.2) is 36.4 Å². The van der Waals surface area contributed by atoms with Crippen LogP contribution < -0.4 is 16.4 Å². The summed E-state index contributed by atoms with van der Waals surface area (Å²) >= 11 is 0. The molecule has 7 heteroatoms. The van der Waals surface area contributed by atoms with Crippen molar-refractivity contribution in [2.24, 2.45) is 11.7 Å². The summed E-state index contributed by atoms with van der Waals surface area (Å²) in [6.45, 7) is 5.33. The van der Waals surface area contributed by atoms with Crippen molar-refractivity contribution in [3.8, 4) is 11.1 Å². The summed E-state index contributed by atoms with van der Waals surface area (Å²) < 4.78 is 13.9. The summed E-state index contributed by atoms with van der Waals surface area (Å²) in [4.78, 5) is 27.3. The summed E-state index contributed by atoms with van der Waals surface area (Å²) in [5, 5.41) is 0. The van der Waals surface area contributed by atoms with Crippen LogP contribution in [-0.4, -0.2) is 17.9 Å². The molecule has 0 aromatic heterocycles. The zero-order chi connectivity index (χ0) is 19.2. The second-order valence-corrected chi connectivity index (χ2v) is 6.98. The number of rotatable bonds is 2. The average Bonchev–Trinajstić information content (AvgIpc) is 2.68. The lowest BCUT2D eigenvalue weighted by Crippen LogP contribution is -2.50. The molecule has 1 unspecified atom stereocenters. The number of nitrogen functional groups attached to an aromatic ring is 1. The molecule has 0 spiro atoms. The van der Waals surface area contributed by atoms with Gasteiger partial charge in [0.2, 0.25) is 5.91 Å². The normalized spacial score (nSPS) is 16.9. The summed E-state index contributed by atoms with van der Waals surface area (Å²) in [6, 6.07) is 8.36. The molecule has 2 atom stereocenters. The Labute approximate surface area is 163 Å². The molecule has 0 aliphatic carbocycles. The van der Waals surface area contributed by atoms with Gasteiger partial charge < -0.3 is 11.5 Å². The molecule has 3 rings (SSSR count). The Balaban J connectivity index is 0.00000261. The maximum atomic E-state index is 13.9. The Hall–Kier alpha value is -2.44. The summed E-state index contributed by atoms with van der Waals surface area (Å²) in [5.41, 5.74) is 14.5. The number of benzene rings is 2. The fourth-order valence-corrected chi connectivity index (χ4v) is 3.27. The number of amides is 2. The standard InChI is InChI=1S/C20H22FN3O2.ClH/c1-10(2)18(23)20(26)24-16-6-4-5-15(22)17(16)14-9-12(21)7-8-13(14)11(3)19(24)25;/h4-11,18H,22-23H2,1-3H3;1H/t11?,18-;/m0./s1. The minimum absolute atomic E-state index is 0. The van der Waals surface area contributed by atoms with Crippen LogP contribution in [0.3, 0.4) is 0 Å². The van der Waals surface area contributed by atoms with Gasteiger partial charge in [0, 0.05) is 11.3 Å². The van der Waals surface area contributed by atoms with Gasteiger partial charge in [-0.2, -0.15) is 0 Å². The molecular formula is C20H23ClFN3O2. The third-order valence-corrected chi connectivity index (χ3v) is 4.88. The van der Waals surface area contributed by atoms with E-state index >= 15 is 0 Å². The molecule has 0 saturated heterocycles. The first-order valence-electron chi connectivity index (χ1n) is 8.55. The van der Waals surface area contributed by atoms with Crippen LogP contribution >= 0.6 is 12.4 Å². The first-order valence-corrected chi connectivity index (χ1v) is 8.55. The maximum absolute atomic E-state index is 13.9. The van der Waals surface area contributed by atoms with Crippen LogP contribution in [-0.2, 0) is 9.59 Å². The number of hydrogen-bond donors (Lipinski definition) is 2. The first kappa shape index (κ1) is 20.9. The van der Waals surface area contributed by atoms with Gasteiger partial charge in [-0.25, -0.2) is 9.29 Å². The van der Waals surface area contributed by atoms with Gasteiger partial charge in [-0.15, -0.1) is 12.4 Å². The van der Waals surface area contributed by atoms with Crippen molar-refractivity contribution in [3.63, 3.8) is 0 Å². The molecule has 2 amide bonds. The minimum atomic E-state index is -0.835. The molecule has 0 bridgehead atoms. The van der Waals surface area contributed by atoms with Gasteiger partial charge in [-0.1, -0.05) is 26.0 Å². The van der Waals surface area contributed by atoms with E-state index in [-0.39, 0.29) is 18.3 Å². The minimum Gasteiger partial charge on any atom is -0.398 e. The van der Waals surface area contributed by atoms with E-state index in [4.69, 9.17) is 11.5 Å². The van der Waals surface area contributed by atoms with Gasteiger partial charge in [0.15, 0.2) is 0 Å². The molecule has 4 N–H and O–H groups in total. The van der Waals surface area contributed by atoms with Gasteiger partial charge in [0.05, 0.1) is 17.6 Å². The molecule has 2 aromatic carbocycles. The lowest BCUT2D eigenvalue weighted by Gasteiger charge is -2.27. The maximum Gasteiger partial charge on any atom is 0.250 e. The van der Waals surface area contributed by atoms with Gasteiger partial charge in [0.1, 0.15) is 5.82 Å². The highest BCUT2D eigenvalue weighted by Gasteiger charge is 2.38. The van der Waals surface area contributed by atoms with E-state index < -0.39 is 29.6 Å². The van der Waals surface area contributed by atoms with Crippen molar-refractivity contribution in [1.82, 2.24) is 0 Å². The SMILES string of the molecule is CC1C(=O)N(C(=O)[C@@H](N)C(C)C)c2cccc(N)c2-c2cc(F)ccc21.Cl. The lowest BCUT2D eigenvalue weighted by molar-refractivity contribution is -0.128. The molecule has 1 heterocycles. The second-order valence-electron chi connectivity index (χ2n) is 6.98. The molecule has 1 aliphatic rings. The third-order valence-electron chi connectivity index (χ3n) is 4.88. The largest absolute Gasteiger partial charge is 0.398 e. The Morgan fingerprint density at radius 1 is 1.22 bits per heavy atom.